The van der Waals surface area contributed by atoms with Crippen molar-refractivity contribution in [1.29, 1.82) is 0 Å². The van der Waals surface area contributed by atoms with E-state index in [1.807, 2.05) is 13.0 Å². The van der Waals surface area contributed by atoms with E-state index in [1.54, 1.807) is 97.1 Å². The van der Waals surface area contributed by atoms with Gasteiger partial charge in [0.25, 0.3) is 11.8 Å². The molecule has 4 rings (SSSR count). The van der Waals surface area contributed by atoms with Crippen LogP contribution in [0.4, 0.5) is 5.69 Å². The molecule has 0 aliphatic carbocycles. The van der Waals surface area contributed by atoms with Gasteiger partial charge in [-0.15, -0.1) is 0 Å². The molecule has 9 nitrogen and oxygen atoms in total. The lowest BCUT2D eigenvalue weighted by atomic mass is 9.85. The Balaban J connectivity index is 1.44. The van der Waals surface area contributed by atoms with Crippen LogP contribution >= 0.6 is 0 Å². The second-order valence-corrected chi connectivity index (χ2v) is 8.82. The number of aliphatic hydroxyl groups is 1. The van der Waals surface area contributed by atoms with Crippen LogP contribution in [0.1, 0.15) is 23.6 Å². The number of hydrazone groups is 1. The SMILES string of the molecule is CCOc1cc(/C=N\NC(=O)C(O)(c2ccccc2)c2ccccc2)ccc1OCC(=O)Nc1ccccc1OC. The minimum absolute atomic E-state index is 0.251. The fourth-order valence-corrected chi connectivity index (χ4v) is 4.10. The summed E-state index contributed by atoms with van der Waals surface area (Å²) in [6, 6.07) is 29.4. The maximum absolute atomic E-state index is 13.2. The van der Waals surface area contributed by atoms with Crippen LogP contribution in [0.2, 0.25) is 0 Å². The Morgan fingerprint density at radius 2 is 1.46 bits per heavy atom. The molecule has 0 atom stereocenters. The molecule has 0 bridgehead atoms. The molecular formula is C32H31N3O6. The predicted octanol–water partition coefficient (Wildman–Crippen LogP) is 4.50. The van der Waals surface area contributed by atoms with Crippen molar-refractivity contribution in [2.45, 2.75) is 12.5 Å². The average molecular weight is 554 g/mol. The number of ether oxygens (including phenoxy) is 3. The molecule has 0 radical (unpaired) electrons. The molecule has 210 valence electrons. The van der Waals surface area contributed by atoms with Gasteiger partial charge in [0.05, 0.1) is 25.6 Å². The highest BCUT2D eigenvalue weighted by atomic mass is 16.5. The van der Waals surface area contributed by atoms with Gasteiger partial charge in [0.1, 0.15) is 5.75 Å². The Morgan fingerprint density at radius 3 is 2.10 bits per heavy atom. The minimum Gasteiger partial charge on any atom is -0.495 e. The molecule has 4 aromatic rings. The molecule has 0 aromatic heterocycles. The second-order valence-electron chi connectivity index (χ2n) is 8.82. The first-order valence-corrected chi connectivity index (χ1v) is 12.9. The van der Waals surface area contributed by atoms with Crippen LogP contribution in [0.5, 0.6) is 17.2 Å². The van der Waals surface area contributed by atoms with Crippen LogP contribution in [0.25, 0.3) is 0 Å². The van der Waals surface area contributed by atoms with E-state index < -0.39 is 11.5 Å². The van der Waals surface area contributed by atoms with Crippen molar-refractivity contribution in [3.63, 3.8) is 0 Å². The van der Waals surface area contributed by atoms with Gasteiger partial charge in [-0.1, -0.05) is 72.8 Å². The van der Waals surface area contributed by atoms with Crippen LogP contribution in [-0.4, -0.2) is 43.5 Å². The molecule has 41 heavy (non-hydrogen) atoms. The summed E-state index contributed by atoms with van der Waals surface area (Å²) in [5, 5.41) is 18.4. The number of nitrogens with zero attached hydrogens (tertiary/aromatic N) is 1. The van der Waals surface area contributed by atoms with Gasteiger partial charge in [0, 0.05) is 0 Å². The molecule has 4 aromatic carbocycles. The van der Waals surface area contributed by atoms with Crippen molar-refractivity contribution in [3.8, 4) is 17.2 Å². The van der Waals surface area contributed by atoms with E-state index in [4.69, 9.17) is 14.2 Å². The Labute approximate surface area is 238 Å². The van der Waals surface area contributed by atoms with E-state index in [-0.39, 0.29) is 12.5 Å². The Hall–Kier alpha value is -5.15. The molecule has 3 N–H and O–H groups in total. The number of carbonyl (C=O) groups excluding carboxylic acids is 2. The summed E-state index contributed by atoms with van der Waals surface area (Å²) in [5.41, 5.74) is 2.46. The summed E-state index contributed by atoms with van der Waals surface area (Å²) in [7, 11) is 1.53. The van der Waals surface area contributed by atoms with E-state index in [0.29, 0.717) is 46.2 Å². The highest BCUT2D eigenvalue weighted by molar-refractivity contribution is 5.93. The minimum atomic E-state index is -1.95. The average Bonchev–Trinajstić information content (AvgIpc) is 3.01. The number of benzene rings is 4. The van der Waals surface area contributed by atoms with Crippen LogP contribution in [0.15, 0.2) is 108 Å². The van der Waals surface area contributed by atoms with Crippen molar-refractivity contribution < 1.29 is 28.9 Å². The molecule has 0 spiro atoms. The van der Waals surface area contributed by atoms with Gasteiger partial charge >= 0.3 is 0 Å². The Bertz CT molecular complexity index is 1450. The molecule has 0 aliphatic rings. The summed E-state index contributed by atoms with van der Waals surface area (Å²) in [5.74, 6) is 0.230. The summed E-state index contributed by atoms with van der Waals surface area (Å²) in [6.45, 7) is 1.94. The highest BCUT2D eigenvalue weighted by Gasteiger charge is 2.39. The van der Waals surface area contributed by atoms with Crippen molar-refractivity contribution in [1.82, 2.24) is 5.43 Å². The second kappa shape index (κ2) is 13.8. The number of anilines is 1. The third-order valence-corrected chi connectivity index (χ3v) is 6.10. The lowest BCUT2D eigenvalue weighted by Gasteiger charge is -2.27. The molecule has 2 amide bonds. The van der Waals surface area contributed by atoms with Gasteiger partial charge in [-0.25, -0.2) is 5.43 Å². The van der Waals surface area contributed by atoms with Gasteiger partial charge in [0.15, 0.2) is 23.7 Å². The van der Waals surface area contributed by atoms with Crippen molar-refractivity contribution >= 4 is 23.7 Å². The monoisotopic (exact) mass is 553 g/mol. The fraction of sp³-hybridized carbons (Fsp3) is 0.156. The van der Waals surface area contributed by atoms with Crippen molar-refractivity contribution in [3.05, 3.63) is 120 Å². The predicted molar refractivity (Wildman–Crippen MR) is 156 cm³/mol. The van der Waals surface area contributed by atoms with Crippen molar-refractivity contribution in [2.24, 2.45) is 5.10 Å². The molecule has 0 saturated carbocycles. The maximum atomic E-state index is 13.2. The van der Waals surface area contributed by atoms with E-state index in [9.17, 15) is 14.7 Å². The zero-order chi connectivity index (χ0) is 29.1. The maximum Gasteiger partial charge on any atom is 0.281 e. The third-order valence-electron chi connectivity index (χ3n) is 6.10. The number of amides is 2. The molecular weight excluding hydrogens is 522 g/mol. The van der Waals surface area contributed by atoms with Gasteiger partial charge in [-0.3, -0.25) is 9.59 Å². The molecule has 0 saturated heterocycles. The number of methoxy groups -OCH3 is 1. The number of hydrogen-bond acceptors (Lipinski definition) is 7. The molecule has 0 aliphatic heterocycles. The lowest BCUT2D eigenvalue weighted by molar-refractivity contribution is -0.136. The summed E-state index contributed by atoms with van der Waals surface area (Å²) >= 11 is 0. The Morgan fingerprint density at radius 1 is 0.829 bits per heavy atom. The van der Waals surface area contributed by atoms with Crippen LogP contribution < -0.4 is 25.0 Å². The number of hydrogen-bond donors (Lipinski definition) is 3. The zero-order valence-electron chi connectivity index (χ0n) is 22.7. The smallest absolute Gasteiger partial charge is 0.281 e. The standard InChI is InChI=1S/C32H31N3O6/c1-3-40-29-20-23(18-19-28(29)41-22-30(36)34-26-16-10-11-17-27(26)39-2)21-33-35-31(37)32(38,24-12-6-4-7-13-24)25-14-8-5-9-15-25/h4-21,38H,3,22H2,1-2H3,(H,34,36)(H,35,37)/b33-21-. The first-order valence-electron chi connectivity index (χ1n) is 12.9. The van der Waals surface area contributed by atoms with Crippen LogP contribution in [0, 0.1) is 0 Å². The molecule has 0 heterocycles. The van der Waals surface area contributed by atoms with E-state index in [1.165, 1.54) is 13.3 Å². The van der Waals surface area contributed by atoms with Gasteiger partial charge in [-0.2, -0.15) is 5.10 Å². The van der Waals surface area contributed by atoms with Gasteiger partial charge in [0.2, 0.25) is 0 Å². The number of carbonyl (C=O) groups is 2. The molecule has 0 fully saturated rings. The lowest BCUT2D eigenvalue weighted by Crippen LogP contribution is -2.43. The topological polar surface area (TPSA) is 118 Å². The number of rotatable bonds is 12. The third kappa shape index (κ3) is 7.09. The van der Waals surface area contributed by atoms with Crippen LogP contribution in [0.3, 0.4) is 0 Å². The summed E-state index contributed by atoms with van der Waals surface area (Å²) in [4.78, 5) is 25.7. The normalized spacial score (nSPS) is 11.1. The van der Waals surface area contributed by atoms with E-state index >= 15 is 0 Å². The van der Waals surface area contributed by atoms with Gasteiger partial charge in [-0.05, 0) is 53.9 Å². The fourth-order valence-electron chi connectivity index (χ4n) is 4.10. The van der Waals surface area contributed by atoms with Crippen molar-refractivity contribution in [2.75, 3.05) is 25.6 Å². The number of nitrogens with one attached hydrogen (secondary N) is 2. The summed E-state index contributed by atoms with van der Waals surface area (Å²) in [6.07, 6.45) is 1.43. The zero-order valence-corrected chi connectivity index (χ0v) is 22.7. The van der Waals surface area contributed by atoms with Gasteiger partial charge < -0.3 is 24.6 Å². The molecule has 0 unspecified atom stereocenters. The first-order chi connectivity index (χ1) is 20.0. The quantitative estimate of drug-likeness (QED) is 0.176. The van der Waals surface area contributed by atoms with E-state index in [0.717, 1.165) is 0 Å². The highest BCUT2D eigenvalue weighted by Crippen LogP contribution is 2.31. The first kappa shape index (κ1) is 28.8. The molecule has 9 heteroatoms. The Kier molecular flexibility index (Phi) is 9.69. The van der Waals surface area contributed by atoms with E-state index in [2.05, 4.69) is 15.8 Å². The number of para-hydroxylation sites is 2. The largest absolute Gasteiger partial charge is 0.495 e. The van der Waals surface area contributed by atoms with Crippen LogP contribution in [-0.2, 0) is 15.2 Å². The summed E-state index contributed by atoms with van der Waals surface area (Å²) < 4.78 is 16.7.